The van der Waals surface area contributed by atoms with E-state index >= 15 is 0 Å². The van der Waals surface area contributed by atoms with Gasteiger partial charge in [-0.3, -0.25) is 0 Å². The molecule has 0 bridgehead atoms. The number of benzene rings is 2. The Bertz CT molecular complexity index is 756. The van der Waals surface area contributed by atoms with E-state index in [9.17, 15) is 0 Å². The largest absolute Gasteiger partial charge is 0.411 e. The number of hydrogen-bond donors (Lipinski definition) is 2. The van der Waals surface area contributed by atoms with Crippen LogP contribution in [0, 0.1) is 0 Å². The molecule has 5 heteroatoms. The van der Waals surface area contributed by atoms with Crippen molar-refractivity contribution in [1.82, 2.24) is 9.97 Å². The van der Waals surface area contributed by atoms with Crippen LogP contribution in [0.15, 0.2) is 60.0 Å². The maximum atomic E-state index is 8.62. The number of anilines is 2. The normalized spacial score (nSPS) is 11.0. The van der Waals surface area contributed by atoms with Crippen molar-refractivity contribution in [1.29, 1.82) is 0 Å². The van der Waals surface area contributed by atoms with Gasteiger partial charge in [-0.1, -0.05) is 29.4 Å². The average Bonchev–Trinajstić information content (AvgIpc) is 2.49. The minimum Gasteiger partial charge on any atom is -0.411 e. The van der Waals surface area contributed by atoms with E-state index in [1.54, 1.807) is 0 Å². The first-order valence-corrected chi connectivity index (χ1v) is 6.11. The van der Waals surface area contributed by atoms with E-state index < -0.39 is 0 Å². The van der Waals surface area contributed by atoms with E-state index in [4.69, 9.17) is 5.21 Å². The van der Waals surface area contributed by atoms with Crippen LogP contribution in [-0.4, -0.2) is 21.4 Å². The van der Waals surface area contributed by atoms with Crippen molar-refractivity contribution in [3.63, 3.8) is 0 Å². The number of rotatable bonds is 3. The minimum absolute atomic E-state index is 0.717. The molecule has 0 unspecified atom stereocenters. The first-order chi connectivity index (χ1) is 9.86. The number of aromatic nitrogens is 2. The topological polar surface area (TPSA) is 70.4 Å². The Hall–Kier alpha value is -2.95. The van der Waals surface area contributed by atoms with Crippen molar-refractivity contribution < 1.29 is 5.21 Å². The predicted octanol–water partition coefficient (Wildman–Crippen LogP) is 3.18. The maximum Gasteiger partial charge on any atom is 0.141 e. The molecule has 0 saturated heterocycles. The molecule has 5 nitrogen and oxygen atoms in total. The van der Waals surface area contributed by atoms with E-state index in [0.717, 1.165) is 28.0 Å². The van der Waals surface area contributed by atoms with Crippen LogP contribution >= 0.6 is 0 Å². The van der Waals surface area contributed by atoms with Crippen molar-refractivity contribution in [3.8, 4) is 0 Å². The van der Waals surface area contributed by atoms with E-state index in [1.807, 2.05) is 48.5 Å². The summed E-state index contributed by atoms with van der Waals surface area (Å²) < 4.78 is 0. The molecule has 0 aliphatic heterocycles. The molecular formula is C15H12N4O. The van der Waals surface area contributed by atoms with Gasteiger partial charge >= 0.3 is 0 Å². The summed E-state index contributed by atoms with van der Waals surface area (Å²) in [5, 5.41) is 15.8. The maximum absolute atomic E-state index is 8.62. The third kappa shape index (κ3) is 2.42. The van der Waals surface area contributed by atoms with E-state index in [-0.39, 0.29) is 0 Å². The third-order valence-electron chi connectivity index (χ3n) is 2.90. The Morgan fingerprint density at radius 2 is 1.90 bits per heavy atom. The van der Waals surface area contributed by atoms with Gasteiger partial charge in [0.05, 0.1) is 11.7 Å². The Balaban J connectivity index is 2.07. The van der Waals surface area contributed by atoms with Gasteiger partial charge in [-0.05, 0) is 29.8 Å². The molecule has 0 atom stereocenters. The first-order valence-electron chi connectivity index (χ1n) is 6.11. The second kappa shape index (κ2) is 5.36. The van der Waals surface area contributed by atoms with Crippen LogP contribution in [0.5, 0.6) is 0 Å². The van der Waals surface area contributed by atoms with Crippen molar-refractivity contribution >= 4 is 28.6 Å². The Labute approximate surface area is 115 Å². The molecule has 1 heterocycles. The molecule has 0 saturated carbocycles. The second-order valence-electron chi connectivity index (χ2n) is 4.23. The second-order valence-corrected chi connectivity index (χ2v) is 4.23. The third-order valence-corrected chi connectivity index (χ3v) is 2.90. The van der Waals surface area contributed by atoms with Crippen LogP contribution in [0.1, 0.15) is 5.56 Å². The molecule has 20 heavy (non-hydrogen) atoms. The number of fused-ring (bicyclic) bond motifs is 1. The number of nitrogens with zero attached hydrogens (tertiary/aromatic N) is 3. The lowest BCUT2D eigenvalue weighted by atomic mass is 10.1. The van der Waals surface area contributed by atoms with Gasteiger partial charge in [0.15, 0.2) is 0 Å². The Morgan fingerprint density at radius 3 is 2.70 bits per heavy atom. The quantitative estimate of drug-likeness (QED) is 0.433. The highest BCUT2D eigenvalue weighted by molar-refractivity contribution is 5.95. The van der Waals surface area contributed by atoms with Crippen LogP contribution < -0.4 is 5.32 Å². The first kappa shape index (κ1) is 12.1. The van der Waals surface area contributed by atoms with Gasteiger partial charge in [0.1, 0.15) is 12.1 Å². The van der Waals surface area contributed by atoms with Crippen LogP contribution in [0.4, 0.5) is 11.5 Å². The molecule has 0 aliphatic rings. The number of nitrogens with one attached hydrogen (secondary N) is 1. The van der Waals surface area contributed by atoms with Gasteiger partial charge in [-0.15, -0.1) is 0 Å². The molecule has 1 aromatic heterocycles. The molecule has 0 amide bonds. The molecule has 3 rings (SSSR count). The zero-order chi connectivity index (χ0) is 13.8. The smallest absolute Gasteiger partial charge is 0.141 e. The van der Waals surface area contributed by atoms with Crippen molar-refractivity contribution in [2.45, 2.75) is 0 Å². The number of oxime groups is 1. The molecule has 98 valence electrons. The molecule has 2 aromatic carbocycles. The van der Waals surface area contributed by atoms with Gasteiger partial charge in [0.25, 0.3) is 0 Å². The summed E-state index contributed by atoms with van der Waals surface area (Å²) in [7, 11) is 0. The van der Waals surface area contributed by atoms with E-state index in [2.05, 4.69) is 20.4 Å². The molecule has 0 spiro atoms. The highest BCUT2D eigenvalue weighted by Gasteiger charge is 2.04. The van der Waals surface area contributed by atoms with E-state index in [0.29, 0.717) is 0 Å². The van der Waals surface area contributed by atoms with Gasteiger partial charge in [-0.25, -0.2) is 9.97 Å². The van der Waals surface area contributed by atoms with Crippen LogP contribution in [-0.2, 0) is 0 Å². The molecule has 0 radical (unpaired) electrons. The van der Waals surface area contributed by atoms with Crippen molar-refractivity contribution in [3.05, 3.63) is 60.4 Å². The Kier molecular flexibility index (Phi) is 3.24. The highest BCUT2D eigenvalue weighted by atomic mass is 16.4. The summed E-state index contributed by atoms with van der Waals surface area (Å²) in [4.78, 5) is 8.50. The predicted molar refractivity (Wildman–Crippen MR) is 78.6 cm³/mol. The molecule has 3 aromatic rings. The van der Waals surface area contributed by atoms with Gasteiger partial charge in [0, 0.05) is 11.1 Å². The lowest BCUT2D eigenvalue weighted by Crippen LogP contribution is -1.96. The lowest BCUT2D eigenvalue weighted by molar-refractivity contribution is 0.322. The average molecular weight is 264 g/mol. The molecule has 0 aliphatic carbocycles. The van der Waals surface area contributed by atoms with Gasteiger partial charge in [-0.2, -0.15) is 0 Å². The van der Waals surface area contributed by atoms with Crippen LogP contribution in [0.2, 0.25) is 0 Å². The zero-order valence-corrected chi connectivity index (χ0v) is 10.6. The van der Waals surface area contributed by atoms with Crippen molar-refractivity contribution in [2.24, 2.45) is 5.16 Å². The molecular weight excluding hydrogens is 252 g/mol. The van der Waals surface area contributed by atoms with Gasteiger partial charge < -0.3 is 10.5 Å². The molecule has 0 fully saturated rings. The lowest BCUT2D eigenvalue weighted by Gasteiger charge is -2.08. The standard InChI is InChI=1S/C15H12N4O/c20-18-9-11-6-7-14-13(8-11)15(17-10-16-14)19-12-4-2-1-3-5-12/h1-10,20H,(H,16,17,19)/b18-9+. The van der Waals surface area contributed by atoms with Crippen LogP contribution in [0.25, 0.3) is 10.9 Å². The summed E-state index contributed by atoms with van der Waals surface area (Å²) in [6.45, 7) is 0. The fourth-order valence-electron chi connectivity index (χ4n) is 1.98. The van der Waals surface area contributed by atoms with Crippen LogP contribution in [0.3, 0.4) is 0 Å². The summed E-state index contributed by atoms with van der Waals surface area (Å²) in [5.41, 5.74) is 2.56. The SMILES string of the molecule is O/N=C/c1ccc2ncnc(Nc3ccccc3)c2c1. The summed E-state index contributed by atoms with van der Waals surface area (Å²) >= 11 is 0. The summed E-state index contributed by atoms with van der Waals surface area (Å²) in [6.07, 6.45) is 2.89. The summed E-state index contributed by atoms with van der Waals surface area (Å²) in [5.74, 6) is 0.717. The minimum atomic E-state index is 0.717. The van der Waals surface area contributed by atoms with E-state index in [1.165, 1.54) is 12.5 Å². The fraction of sp³-hybridized carbons (Fsp3) is 0. The monoisotopic (exact) mass is 264 g/mol. The Morgan fingerprint density at radius 1 is 1.05 bits per heavy atom. The fourth-order valence-corrected chi connectivity index (χ4v) is 1.98. The van der Waals surface area contributed by atoms with Crippen molar-refractivity contribution in [2.75, 3.05) is 5.32 Å². The van der Waals surface area contributed by atoms with Gasteiger partial charge in [0.2, 0.25) is 0 Å². The highest BCUT2D eigenvalue weighted by Crippen LogP contribution is 2.23. The number of para-hydroxylation sites is 1. The molecule has 2 N–H and O–H groups in total. The zero-order valence-electron chi connectivity index (χ0n) is 10.6. The summed E-state index contributed by atoms with van der Waals surface area (Å²) in [6, 6.07) is 15.4. The number of hydrogen-bond acceptors (Lipinski definition) is 5.